The van der Waals surface area contributed by atoms with Crippen LogP contribution in [-0.2, 0) is 4.79 Å². The predicted octanol–water partition coefficient (Wildman–Crippen LogP) is 4.92. The smallest absolute Gasteiger partial charge is 0.253 e. The van der Waals surface area contributed by atoms with Gasteiger partial charge in [-0.1, -0.05) is 42.5 Å². The second-order valence-electron chi connectivity index (χ2n) is 6.66. The van der Waals surface area contributed by atoms with Gasteiger partial charge in [-0.2, -0.15) is 0 Å². The van der Waals surface area contributed by atoms with Crippen molar-refractivity contribution in [3.8, 4) is 5.75 Å². The molecule has 2 amide bonds. The van der Waals surface area contributed by atoms with E-state index in [0.29, 0.717) is 11.3 Å². The van der Waals surface area contributed by atoms with Gasteiger partial charge in [-0.15, -0.1) is 11.8 Å². The number of rotatable bonds is 8. The van der Waals surface area contributed by atoms with Gasteiger partial charge in [0.2, 0.25) is 5.91 Å². The SMILES string of the molecule is COc1ccc(SCC(=O)Nc2ccccc2C(=O)N[C@@H](C)c2ccccc2)cc1. The maximum atomic E-state index is 12.8. The first-order chi connectivity index (χ1) is 14.6. The van der Waals surface area contributed by atoms with E-state index in [-0.39, 0.29) is 23.6 Å². The Morgan fingerprint density at radius 2 is 1.60 bits per heavy atom. The van der Waals surface area contributed by atoms with Gasteiger partial charge in [0, 0.05) is 4.90 Å². The Labute approximate surface area is 180 Å². The van der Waals surface area contributed by atoms with Gasteiger partial charge in [0.1, 0.15) is 5.75 Å². The van der Waals surface area contributed by atoms with Crippen LogP contribution in [0, 0.1) is 0 Å². The first-order valence-corrected chi connectivity index (χ1v) is 10.6. The second-order valence-corrected chi connectivity index (χ2v) is 7.71. The van der Waals surface area contributed by atoms with E-state index < -0.39 is 0 Å². The first-order valence-electron chi connectivity index (χ1n) is 9.58. The Bertz CT molecular complexity index is 991. The molecule has 1 atom stereocenters. The number of benzene rings is 3. The Morgan fingerprint density at radius 3 is 2.30 bits per heavy atom. The lowest BCUT2D eigenvalue weighted by molar-refractivity contribution is -0.113. The summed E-state index contributed by atoms with van der Waals surface area (Å²) in [7, 11) is 1.61. The van der Waals surface area contributed by atoms with Gasteiger partial charge < -0.3 is 15.4 Å². The van der Waals surface area contributed by atoms with Crippen LogP contribution in [0.5, 0.6) is 5.75 Å². The fraction of sp³-hybridized carbons (Fsp3) is 0.167. The van der Waals surface area contributed by atoms with Crippen molar-refractivity contribution in [1.29, 1.82) is 0 Å². The molecule has 0 aliphatic rings. The van der Waals surface area contributed by atoms with Crippen LogP contribution in [0.1, 0.15) is 28.9 Å². The van der Waals surface area contributed by atoms with Gasteiger partial charge >= 0.3 is 0 Å². The van der Waals surface area contributed by atoms with Crippen molar-refractivity contribution in [1.82, 2.24) is 5.32 Å². The van der Waals surface area contributed by atoms with Gasteiger partial charge in [-0.25, -0.2) is 0 Å². The Hall–Kier alpha value is -3.25. The minimum atomic E-state index is -0.231. The lowest BCUT2D eigenvalue weighted by Gasteiger charge is -2.16. The maximum Gasteiger partial charge on any atom is 0.253 e. The highest BCUT2D eigenvalue weighted by Crippen LogP contribution is 2.22. The summed E-state index contributed by atoms with van der Waals surface area (Å²) in [5.74, 6) is 0.605. The van der Waals surface area contributed by atoms with Crippen molar-refractivity contribution in [3.63, 3.8) is 0 Å². The van der Waals surface area contributed by atoms with Gasteiger partial charge in [0.25, 0.3) is 5.91 Å². The summed E-state index contributed by atoms with van der Waals surface area (Å²) in [5, 5.41) is 5.84. The van der Waals surface area contributed by atoms with Crippen LogP contribution in [0.25, 0.3) is 0 Å². The van der Waals surface area contributed by atoms with Crippen LogP contribution in [0.4, 0.5) is 5.69 Å². The molecule has 3 aromatic rings. The number of nitrogens with one attached hydrogen (secondary N) is 2. The minimum absolute atomic E-state index is 0.145. The van der Waals surface area contributed by atoms with Crippen molar-refractivity contribution in [3.05, 3.63) is 90.0 Å². The fourth-order valence-electron chi connectivity index (χ4n) is 2.90. The summed E-state index contributed by atoms with van der Waals surface area (Å²) >= 11 is 1.42. The van der Waals surface area contributed by atoms with Gasteiger partial charge in [-0.3, -0.25) is 9.59 Å². The lowest BCUT2D eigenvalue weighted by atomic mass is 10.1. The summed E-state index contributed by atoms with van der Waals surface area (Å²) in [6.07, 6.45) is 0. The van der Waals surface area contributed by atoms with Crippen LogP contribution in [-0.4, -0.2) is 24.7 Å². The van der Waals surface area contributed by atoms with Crippen molar-refractivity contribution in [2.24, 2.45) is 0 Å². The molecule has 154 valence electrons. The zero-order chi connectivity index (χ0) is 21.3. The molecule has 0 spiro atoms. The van der Waals surface area contributed by atoms with Crippen LogP contribution in [0.15, 0.2) is 83.8 Å². The molecule has 30 heavy (non-hydrogen) atoms. The third-order valence-electron chi connectivity index (χ3n) is 4.52. The number of carbonyl (C=O) groups is 2. The lowest BCUT2D eigenvalue weighted by Crippen LogP contribution is -2.28. The number of anilines is 1. The Morgan fingerprint density at radius 1 is 0.933 bits per heavy atom. The number of amides is 2. The molecule has 0 heterocycles. The summed E-state index contributed by atoms with van der Waals surface area (Å²) in [4.78, 5) is 26.2. The number of hydrogen-bond donors (Lipinski definition) is 2. The van der Waals surface area contributed by atoms with Crippen LogP contribution < -0.4 is 15.4 Å². The first kappa shape index (κ1) is 21.5. The molecule has 0 fully saturated rings. The van der Waals surface area contributed by atoms with E-state index >= 15 is 0 Å². The third kappa shape index (κ3) is 5.87. The summed E-state index contributed by atoms with van der Waals surface area (Å²) in [5.41, 5.74) is 1.95. The van der Waals surface area contributed by atoms with E-state index in [1.54, 1.807) is 31.4 Å². The largest absolute Gasteiger partial charge is 0.497 e. The van der Waals surface area contributed by atoms with Gasteiger partial charge in [-0.05, 0) is 48.9 Å². The molecule has 0 bridgehead atoms. The number of thioether (sulfide) groups is 1. The molecule has 0 unspecified atom stereocenters. The minimum Gasteiger partial charge on any atom is -0.497 e. The van der Waals surface area contributed by atoms with Crippen molar-refractivity contribution >= 4 is 29.3 Å². The molecule has 5 nitrogen and oxygen atoms in total. The van der Waals surface area contributed by atoms with E-state index in [1.165, 1.54) is 11.8 Å². The summed E-state index contributed by atoms with van der Waals surface area (Å²) in [6, 6.07) is 24.1. The molecular weight excluding hydrogens is 396 g/mol. The van der Waals surface area contributed by atoms with Crippen LogP contribution in [0.2, 0.25) is 0 Å². The van der Waals surface area contributed by atoms with Crippen LogP contribution >= 0.6 is 11.8 Å². The maximum absolute atomic E-state index is 12.8. The van der Waals surface area contributed by atoms with E-state index in [0.717, 1.165) is 16.2 Å². The second kappa shape index (κ2) is 10.5. The third-order valence-corrected chi connectivity index (χ3v) is 5.53. The Balaban J connectivity index is 1.61. The standard InChI is InChI=1S/C24H24N2O3S/c1-17(18-8-4-3-5-9-18)25-24(28)21-10-6-7-11-22(21)26-23(27)16-30-20-14-12-19(29-2)13-15-20/h3-15,17H,16H2,1-2H3,(H,25,28)(H,26,27)/t17-/m0/s1. The zero-order valence-electron chi connectivity index (χ0n) is 16.9. The molecule has 0 saturated carbocycles. The Kier molecular flexibility index (Phi) is 7.51. The number of hydrogen-bond acceptors (Lipinski definition) is 4. The topological polar surface area (TPSA) is 67.4 Å². The van der Waals surface area contributed by atoms with E-state index in [1.807, 2.05) is 61.5 Å². The van der Waals surface area contributed by atoms with E-state index in [9.17, 15) is 9.59 Å². The average Bonchev–Trinajstić information content (AvgIpc) is 2.79. The van der Waals surface area contributed by atoms with E-state index in [4.69, 9.17) is 4.74 Å². The molecule has 2 N–H and O–H groups in total. The number of methoxy groups -OCH3 is 1. The molecule has 0 aliphatic carbocycles. The molecule has 0 aromatic heterocycles. The fourth-order valence-corrected chi connectivity index (χ4v) is 3.60. The predicted molar refractivity (Wildman–Crippen MR) is 121 cm³/mol. The molecule has 0 aliphatic heterocycles. The van der Waals surface area contributed by atoms with Gasteiger partial charge in [0.15, 0.2) is 0 Å². The molecule has 0 radical (unpaired) electrons. The van der Waals surface area contributed by atoms with Crippen molar-refractivity contribution in [2.45, 2.75) is 17.9 Å². The number of ether oxygens (including phenoxy) is 1. The van der Waals surface area contributed by atoms with Crippen molar-refractivity contribution in [2.75, 3.05) is 18.2 Å². The molecule has 6 heteroatoms. The average molecular weight is 421 g/mol. The highest BCUT2D eigenvalue weighted by Gasteiger charge is 2.16. The van der Waals surface area contributed by atoms with Gasteiger partial charge in [0.05, 0.1) is 30.2 Å². The monoisotopic (exact) mass is 420 g/mol. The number of para-hydroxylation sites is 1. The number of carbonyl (C=O) groups excluding carboxylic acids is 2. The molecular formula is C24H24N2O3S. The normalized spacial score (nSPS) is 11.4. The quantitative estimate of drug-likeness (QED) is 0.508. The van der Waals surface area contributed by atoms with E-state index in [2.05, 4.69) is 10.6 Å². The molecule has 3 aromatic carbocycles. The van der Waals surface area contributed by atoms with Crippen LogP contribution in [0.3, 0.4) is 0 Å². The summed E-state index contributed by atoms with van der Waals surface area (Å²) < 4.78 is 5.14. The summed E-state index contributed by atoms with van der Waals surface area (Å²) in [6.45, 7) is 1.93. The highest BCUT2D eigenvalue weighted by atomic mass is 32.2. The van der Waals surface area contributed by atoms with Crippen molar-refractivity contribution < 1.29 is 14.3 Å². The zero-order valence-corrected chi connectivity index (χ0v) is 17.7. The molecule has 3 rings (SSSR count). The molecule has 0 saturated heterocycles. The highest BCUT2D eigenvalue weighted by molar-refractivity contribution is 8.00.